The molecule has 0 spiro atoms. The van der Waals surface area contributed by atoms with E-state index in [2.05, 4.69) is 13.8 Å². The number of allylic oxidation sites excluding steroid dienone is 2. The Hall–Kier alpha value is -2.23. The average molecular weight is 301 g/mol. The van der Waals surface area contributed by atoms with Gasteiger partial charge in [0.05, 0.1) is 20.8 Å². The Morgan fingerprint density at radius 2 is 1.95 bits per heavy atom. The zero-order chi connectivity index (χ0) is 16.3. The molecular weight excluding hydrogens is 278 g/mol. The van der Waals surface area contributed by atoms with Crippen LogP contribution in [0.4, 0.5) is 0 Å². The Morgan fingerprint density at radius 3 is 2.50 bits per heavy atom. The molecule has 1 aromatic rings. The van der Waals surface area contributed by atoms with Crippen molar-refractivity contribution >= 4 is 5.91 Å². The maximum atomic E-state index is 12.3. The van der Waals surface area contributed by atoms with Crippen molar-refractivity contribution in [3.63, 3.8) is 0 Å². The number of benzene rings is 1. The number of hydrogen-bond acceptors (Lipinski definition) is 3. The summed E-state index contributed by atoms with van der Waals surface area (Å²) in [6.45, 7) is 6.64. The van der Waals surface area contributed by atoms with Crippen LogP contribution < -0.4 is 9.47 Å². The maximum absolute atomic E-state index is 12.3. The van der Waals surface area contributed by atoms with E-state index >= 15 is 0 Å². The average Bonchev–Trinajstić information content (AvgIpc) is 2.84. The Morgan fingerprint density at radius 1 is 1.23 bits per heavy atom. The molecule has 0 N–H and O–H groups in total. The van der Waals surface area contributed by atoms with Gasteiger partial charge in [0.15, 0.2) is 0 Å². The summed E-state index contributed by atoms with van der Waals surface area (Å²) in [4.78, 5) is 14.1. The van der Waals surface area contributed by atoms with Gasteiger partial charge in [-0.25, -0.2) is 0 Å². The molecular formula is C18H23NO3. The van der Waals surface area contributed by atoms with E-state index in [0.29, 0.717) is 12.5 Å². The molecule has 1 amide bonds. The highest BCUT2D eigenvalue weighted by molar-refractivity contribution is 5.95. The third-order valence-electron chi connectivity index (χ3n) is 3.85. The normalized spacial score (nSPS) is 16.5. The lowest BCUT2D eigenvalue weighted by Gasteiger charge is -2.22. The fraction of sp³-hybridized carbons (Fsp3) is 0.389. The van der Waals surface area contributed by atoms with Crippen LogP contribution in [-0.2, 0) is 11.3 Å². The minimum Gasteiger partial charge on any atom is -0.497 e. The van der Waals surface area contributed by atoms with Crippen LogP contribution in [0.25, 0.3) is 0 Å². The molecule has 4 heteroatoms. The first-order chi connectivity index (χ1) is 10.5. The Bertz CT molecular complexity index is 629. The summed E-state index contributed by atoms with van der Waals surface area (Å²) < 4.78 is 10.6. The molecule has 1 aliphatic rings. The molecule has 1 aromatic carbocycles. The van der Waals surface area contributed by atoms with Crippen LogP contribution in [0.15, 0.2) is 41.6 Å². The van der Waals surface area contributed by atoms with Gasteiger partial charge in [0, 0.05) is 23.4 Å². The van der Waals surface area contributed by atoms with Crippen LogP contribution >= 0.6 is 0 Å². The minimum atomic E-state index is 0.0228. The molecule has 0 saturated heterocycles. The topological polar surface area (TPSA) is 38.8 Å². The van der Waals surface area contributed by atoms with Gasteiger partial charge in [0.1, 0.15) is 11.5 Å². The summed E-state index contributed by atoms with van der Waals surface area (Å²) in [5.74, 6) is 1.80. The van der Waals surface area contributed by atoms with Gasteiger partial charge in [-0.1, -0.05) is 19.9 Å². The molecule has 0 atom stereocenters. The summed E-state index contributed by atoms with van der Waals surface area (Å²) >= 11 is 0. The first-order valence-corrected chi connectivity index (χ1v) is 7.42. The Kier molecular flexibility index (Phi) is 4.91. The van der Waals surface area contributed by atoms with Gasteiger partial charge in [-0.3, -0.25) is 4.79 Å². The van der Waals surface area contributed by atoms with E-state index in [1.165, 1.54) is 0 Å². The largest absolute Gasteiger partial charge is 0.497 e. The van der Waals surface area contributed by atoms with Crippen LogP contribution in [0.1, 0.15) is 26.3 Å². The van der Waals surface area contributed by atoms with E-state index in [-0.39, 0.29) is 5.91 Å². The summed E-state index contributed by atoms with van der Waals surface area (Å²) in [5.41, 5.74) is 3.02. The van der Waals surface area contributed by atoms with Crippen molar-refractivity contribution in [2.45, 2.75) is 27.3 Å². The van der Waals surface area contributed by atoms with Crippen LogP contribution in [0, 0.1) is 5.92 Å². The maximum Gasteiger partial charge on any atom is 0.251 e. The number of amides is 1. The van der Waals surface area contributed by atoms with Gasteiger partial charge in [0.2, 0.25) is 0 Å². The molecule has 1 aliphatic heterocycles. The first kappa shape index (κ1) is 16.1. The highest BCUT2D eigenvalue weighted by Gasteiger charge is 2.28. The monoisotopic (exact) mass is 301 g/mol. The molecule has 4 nitrogen and oxygen atoms in total. The fourth-order valence-electron chi connectivity index (χ4n) is 2.66. The summed E-state index contributed by atoms with van der Waals surface area (Å²) in [6.07, 6.45) is 3.72. The molecule has 2 rings (SSSR count). The van der Waals surface area contributed by atoms with Crippen molar-refractivity contribution in [3.8, 4) is 11.5 Å². The number of methoxy groups -OCH3 is 2. The zero-order valence-electron chi connectivity index (χ0n) is 13.8. The highest BCUT2D eigenvalue weighted by atomic mass is 16.5. The van der Waals surface area contributed by atoms with Crippen molar-refractivity contribution in [1.82, 2.24) is 4.90 Å². The lowest BCUT2D eigenvalue weighted by atomic mass is 10.0. The van der Waals surface area contributed by atoms with Crippen LogP contribution in [-0.4, -0.2) is 25.0 Å². The highest BCUT2D eigenvalue weighted by Crippen LogP contribution is 2.33. The third kappa shape index (κ3) is 3.01. The fourth-order valence-corrected chi connectivity index (χ4v) is 2.66. The summed E-state index contributed by atoms with van der Waals surface area (Å²) in [6, 6.07) is 5.65. The molecule has 0 saturated carbocycles. The number of carbonyl (C=O) groups excluding carboxylic acids is 1. The number of ether oxygens (including phenoxy) is 2. The van der Waals surface area contributed by atoms with Gasteiger partial charge in [-0.05, 0) is 30.5 Å². The predicted molar refractivity (Wildman–Crippen MR) is 86.8 cm³/mol. The van der Waals surface area contributed by atoms with E-state index in [4.69, 9.17) is 9.47 Å². The summed E-state index contributed by atoms with van der Waals surface area (Å²) in [5, 5.41) is 0. The van der Waals surface area contributed by atoms with E-state index < -0.39 is 0 Å². The number of nitrogens with zero attached hydrogens (tertiary/aromatic N) is 1. The molecule has 118 valence electrons. The van der Waals surface area contributed by atoms with E-state index in [9.17, 15) is 4.79 Å². The lowest BCUT2D eigenvalue weighted by molar-refractivity contribution is -0.123. The molecule has 0 unspecified atom stereocenters. The van der Waals surface area contributed by atoms with Crippen molar-refractivity contribution < 1.29 is 14.3 Å². The SMILES string of the molecule is C/C=C1/C(C(C)C)=CC(=O)N1Cc1ccc(OC)cc1OC. The number of hydrogen-bond donors (Lipinski definition) is 0. The lowest BCUT2D eigenvalue weighted by Crippen LogP contribution is -2.24. The number of carbonyl (C=O) groups is 1. The van der Waals surface area contributed by atoms with Gasteiger partial charge < -0.3 is 14.4 Å². The van der Waals surface area contributed by atoms with Gasteiger partial charge in [-0.15, -0.1) is 0 Å². The first-order valence-electron chi connectivity index (χ1n) is 7.42. The molecule has 0 aliphatic carbocycles. The Labute approximate surface area is 132 Å². The summed E-state index contributed by atoms with van der Waals surface area (Å²) in [7, 11) is 3.24. The zero-order valence-corrected chi connectivity index (χ0v) is 13.8. The quantitative estimate of drug-likeness (QED) is 0.835. The number of rotatable bonds is 5. The molecule has 22 heavy (non-hydrogen) atoms. The molecule has 0 aromatic heterocycles. The van der Waals surface area contributed by atoms with Crippen molar-refractivity contribution in [2.75, 3.05) is 14.2 Å². The molecule has 0 radical (unpaired) electrons. The standard InChI is InChI=1S/C18H23NO3/c1-6-16-15(12(2)3)10-18(20)19(16)11-13-7-8-14(21-4)9-17(13)22-5/h6-10,12H,11H2,1-5H3/b16-6-. The third-order valence-corrected chi connectivity index (χ3v) is 3.85. The van der Waals surface area contributed by atoms with Gasteiger partial charge >= 0.3 is 0 Å². The second-order valence-electron chi connectivity index (χ2n) is 5.53. The van der Waals surface area contributed by atoms with Crippen molar-refractivity contribution in [3.05, 3.63) is 47.2 Å². The second-order valence-corrected chi connectivity index (χ2v) is 5.53. The van der Waals surface area contributed by atoms with Gasteiger partial charge in [0.25, 0.3) is 5.91 Å². The van der Waals surface area contributed by atoms with Crippen molar-refractivity contribution in [2.24, 2.45) is 5.92 Å². The van der Waals surface area contributed by atoms with E-state index in [0.717, 1.165) is 28.3 Å². The second kappa shape index (κ2) is 6.69. The molecule has 1 heterocycles. The predicted octanol–water partition coefficient (Wildman–Crippen LogP) is 3.53. The van der Waals surface area contributed by atoms with Crippen LogP contribution in [0.3, 0.4) is 0 Å². The van der Waals surface area contributed by atoms with E-state index in [1.54, 1.807) is 25.2 Å². The van der Waals surface area contributed by atoms with Crippen LogP contribution in [0.5, 0.6) is 11.5 Å². The van der Waals surface area contributed by atoms with Crippen molar-refractivity contribution in [1.29, 1.82) is 0 Å². The molecule has 0 bridgehead atoms. The van der Waals surface area contributed by atoms with Crippen LogP contribution in [0.2, 0.25) is 0 Å². The molecule has 0 fully saturated rings. The van der Waals surface area contributed by atoms with Gasteiger partial charge in [-0.2, -0.15) is 0 Å². The smallest absolute Gasteiger partial charge is 0.251 e. The Balaban J connectivity index is 2.30. The van der Waals surface area contributed by atoms with E-state index in [1.807, 2.05) is 31.2 Å². The minimum absolute atomic E-state index is 0.0228.